The molecule has 3 nitrogen and oxygen atoms in total. The largest absolute Gasteiger partial charge is 0.394 e. The third-order valence-corrected chi connectivity index (χ3v) is 0.797. The summed E-state index contributed by atoms with van der Waals surface area (Å²) in [7, 11) is 0. The maximum absolute atomic E-state index is 7.62. The molecular formula is C17H38O3. The van der Waals surface area contributed by atoms with Gasteiger partial charge in [-0.15, -0.1) is 19.7 Å². The van der Waals surface area contributed by atoms with E-state index in [-0.39, 0.29) is 13.2 Å². The van der Waals surface area contributed by atoms with E-state index in [1.165, 1.54) is 0 Å². The zero-order chi connectivity index (χ0) is 17.1. The highest BCUT2D eigenvalue weighted by Gasteiger charge is 1.77. The van der Waals surface area contributed by atoms with E-state index < -0.39 is 0 Å². The van der Waals surface area contributed by atoms with Gasteiger partial charge in [-0.1, -0.05) is 32.1 Å². The molecule has 0 heterocycles. The molecule has 0 aliphatic carbocycles. The molecule has 124 valence electrons. The zero-order valence-electron chi connectivity index (χ0n) is 14.4. The Morgan fingerprint density at radius 1 is 0.750 bits per heavy atom. The molecule has 0 bridgehead atoms. The number of hydrogen-bond donors (Lipinski definition) is 2. The Balaban J connectivity index is -0.0000000501. The van der Waals surface area contributed by atoms with Crippen molar-refractivity contribution in [3.8, 4) is 0 Å². The molecule has 0 aromatic heterocycles. The predicted molar refractivity (Wildman–Crippen MR) is 93.2 cm³/mol. The minimum atomic E-state index is -0.125. The molecule has 0 saturated heterocycles. The summed E-state index contributed by atoms with van der Waals surface area (Å²) < 4.78 is 5.13. The maximum atomic E-state index is 7.62. The monoisotopic (exact) mass is 290 g/mol. The fraction of sp³-hybridized carbons (Fsp3) is 0.647. The molecule has 0 saturated carbocycles. The van der Waals surface area contributed by atoms with Gasteiger partial charge in [0.05, 0.1) is 13.2 Å². The summed E-state index contributed by atoms with van der Waals surface area (Å²) in [4.78, 5) is 0. The Kier molecular flexibility index (Phi) is 101. The molecule has 3 heteroatoms. The molecule has 0 aliphatic heterocycles. The van der Waals surface area contributed by atoms with Crippen molar-refractivity contribution in [1.29, 1.82) is 0 Å². The lowest BCUT2D eigenvalue weighted by molar-refractivity contribution is 0.135. The van der Waals surface area contributed by atoms with E-state index in [2.05, 4.69) is 33.6 Å². The summed E-state index contributed by atoms with van der Waals surface area (Å²) in [5.41, 5.74) is 0. The molecule has 0 fully saturated rings. The molecule has 2 N–H and O–H groups in total. The summed E-state index contributed by atoms with van der Waals surface area (Å²) in [6, 6.07) is 0. The van der Waals surface area contributed by atoms with Gasteiger partial charge in [-0.2, -0.15) is 0 Å². The molecule has 0 aromatic rings. The fourth-order valence-electron chi connectivity index (χ4n) is 0.391. The summed E-state index contributed by atoms with van der Waals surface area (Å²) in [5, 5.41) is 15.2. The normalized spacial score (nSPS) is 6.75. The Labute approximate surface area is 127 Å². The minimum Gasteiger partial charge on any atom is -0.394 e. The van der Waals surface area contributed by atoms with Crippen LogP contribution in [0, 0.1) is 0 Å². The van der Waals surface area contributed by atoms with Crippen LogP contribution < -0.4 is 0 Å². The number of allylic oxidation sites excluding steroid dienone is 3. The number of aliphatic hydroxyl groups excluding tert-OH is 2. The molecule has 20 heavy (non-hydrogen) atoms. The van der Waals surface area contributed by atoms with Crippen LogP contribution >= 0.6 is 0 Å². The lowest BCUT2D eigenvalue weighted by atomic mass is 10.5. The van der Waals surface area contributed by atoms with Crippen molar-refractivity contribution in [3.05, 3.63) is 38.0 Å². The van der Waals surface area contributed by atoms with Crippen LogP contribution in [0.2, 0.25) is 0 Å². The highest BCUT2D eigenvalue weighted by Crippen LogP contribution is 1.81. The van der Waals surface area contributed by atoms with Crippen LogP contribution in [0.1, 0.15) is 47.5 Å². The van der Waals surface area contributed by atoms with Crippen LogP contribution in [-0.2, 0) is 4.74 Å². The van der Waals surface area contributed by atoms with Gasteiger partial charge in [-0.25, -0.2) is 0 Å². The number of hydrogen-bond acceptors (Lipinski definition) is 3. The molecule has 0 aliphatic rings. The van der Waals surface area contributed by atoms with Crippen LogP contribution in [0.3, 0.4) is 0 Å². The summed E-state index contributed by atoms with van der Waals surface area (Å²) in [5.74, 6) is 0. The first-order valence-corrected chi connectivity index (χ1v) is 7.08. The van der Waals surface area contributed by atoms with Gasteiger partial charge in [-0.3, -0.25) is 0 Å². The first-order chi connectivity index (χ1) is 9.57. The average Bonchev–Trinajstić information content (AvgIpc) is 2.42. The molecule has 0 amide bonds. The summed E-state index contributed by atoms with van der Waals surface area (Å²) >= 11 is 0. The summed E-state index contributed by atoms with van der Waals surface area (Å²) in [6.45, 7) is 21.6. The van der Waals surface area contributed by atoms with Crippen molar-refractivity contribution < 1.29 is 14.9 Å². The van der Waals surface area contributed by atoms with Crippen LogP contribution in [0.25, 0.3) is 0 Å². The van der Waals surface area contributed by atoms with Gasteiger partial charge < -0.3 is 14.9 Å². The van der Waals surface area contributed by atoms with Gasteiger partial charge >= 0.3 is 0 Å². The van der Waals surface area contributed by atoms with Crippen molar-refractivity contribution in [2.75, 3.05) is 26.4 Å². The standard InChI is InChI=1S/C6H14O.3C3H6.C2H6O2/c1-3-5-7-6-4-2;3*1-3-2;3-1-2-4/h3-6H2,1-2H3;3*3H,1H2,2H3;3-4H,1-2H2. The predicted octanol–water partition coefficient (Wildman–Crippen LogP) is 4.37. The zero-order valence-corrected chi connectivity index (χ0v) is 14.4. The van der Waals surface area contributed by atoms with Gasteiger partial charge in [0, 0.05) is 13.2 Å². The first kappa shape index (κ1) is 31.5. The molecule has 0 rings (SSSR count). The van der Waals surface area contributed by atoms with E-state index in [1.807, 2.05) is 20.8 Å². The van der Waals surface area contributed by atoms with Crippen molar-refractivity contribution in [3.63, 3.8) is 0 Å². The maximum Gasteiger partial charge on any atom is 0.0662 e. The summed E-state index contributed by atoms with van der Waals surface area (Å²) in [6.07, 6.45) is 7.53. The Morgan fingerprint density at radius 2 is 0.950 bits per heavy atom. The van der Waals surface area contributed by atoms with Gasteiger partial charge in [-0.05, 0) is 33.6 Å². The number of rotatable bonds is 5. The molecule has 0 spiro atoms. The Hall–Kier alpha value is -0.900. The Morgan fingerprint density at radius 3 is 1.05 bits per heavy atom. The average molecular weight is 290 g/mol. The SMILES string of the molecule is C=CC.C=CC.C=CC.CCCOCCC.OCCO. The third-order valence-electron chi connectivity index (χ3n) is 0.797. The van der Waals surface area contributed by atoms with Crippen molar-refractivity contribution in [2.24, 2.45) is 0 Å². The second-order valence-corrected chi connectivity index (χ2v) is 3.28. The number of ether oxygens (including phenoxy) is 1. The van der Waals surface area contributed by atoms with E-state index in [4.69, 9.17) is 14.9 Å². The first-order valence-electron chi connectivity index (χ1n) is 7.08. The van der Waals surface area contributed by atoms with E-state index >= 15 is 0 Å². The molecule has 0 aromatic carbocycles. The van der Waals surface area contributed by atoms with Crippen LogP contribution in [0.4, 0.5) is 0 Å². The Bertz CT molecular complexity index is 114. The van der Waals surface area contributed by atoms with E-state index in [0.29, 0.717) is 0 Å². The van der Waals surface area contributed by atoms with Gasteiger partial charge in [0.15, 0.2) is 0 Å². The lowest BCUT2D eigenvalue weighted by Gasteiger charge is -1.95. The highest BCUT2D eigenvalue weighted by molar-refractivity contribution is 4.52. The van der Waals surface area contributed by atoms with Gasteiger partial charge in [0.2, 0.25) is 0 Å². The molecule has 0 radical (unpaired) electrons. The van der Waals surface area contributed by atoms with E-state index in [9.17, 15) is 0 Å². The number of aliphatic hydroxyl groups is 2. The van der Waals surface area contributed by atoms with E-state index in [1.54, 1.807) is 18.2 Å². The lowest BCUT2D eigenvalue weighted by Crippen LogP contribution is -1.92. The third kappa shape index (κ3) is 264. The second kappa shape index (κ2) is 63.9. The van der Waals surface area contributed by atoms with Crippen LogP contribution in [0.15, 0.2) is 38.0 Å². The van der Waals surface area contributed by atoms with Crippen LogP contribution in [-0.4, -0.2) is 36.6 Å². The topological polar surface area (TPSA) is 49.7 Å². The van der Waals surface area contributed by atoms with Gasteiger partial charge in [0.1, 0.15) is 0 Å². The molecule has 0 unspecified atom stereocenters. The van der Waals surface area contributed by atoms with Crippen molar-refractivity contribution in [2.45, 2.75) is 47.5 Å². The fourth-order valence-corrected chi connectivity index (χ4v) is 0.391. The second-order valence-electron chi connectivity index (χ2n) is 3.28. The van der Waals surface area contributed by atoms with E-state index in [0.717, 1.165) is 26.1 Å². The minimum absolute atomic E-state index is 0.125. The molecule has 0 atom stereocenters. The quantitative estimate of drug-likeness (QED) is 0.584. The van der Waals surface area contributed by atoms with Crippen molar-refractivity contribution >= 4 is 0 Å². The highest BCUT2D eigenvalue weighted by atomic mass is 16.5. The smallest absolute Gasteiger partial charge is 0.0662 e. The van der Waals surface area contributed by atoms with Crippen molar-refractivity contribution in [1.82, 2.24) is 0 Å². The molecular weight excluding hydrogens is 252 g/mol. The van der Waals surface area contributed by atoms with Crippen LogP contribution in [0.5, 0.6) is 0 Å². The van der Waals surface area contributed by atoms with Gasteiger partial charge in [0.25, 0.3) is 0 Å².